The van der Waals surface area contributed by atoms with E-state index in [2.05, 4.69) is 10.3 Å². The van der Waals surface area contributed by atoms with Gasteiger partial charge in [0.25, 0.3) is 5.91 Å². The Morgan fingerprint density at radius 2 is 1.96 bits per heavy atom. The minimum absolute atomic E-state index is 0.199. The number of benzene rings is 1. The van der Waals surface area contributed by atoms with Gasteiger partial charge in [0.1, 0.15) is 5.82 Å². The molecule has 0 aliphatic carbocycles. The van der Waals surface area contributed by atoms with Crippen molar-refractivity contribution in [2.75, 3.05) is 31.0 Å². The van der Waals surface area contributed by atoms with Crippen molar-refractivity contribution in [1.82, 2.24) is 10.3 Å². The van der Waals surface area contributed by atoms with Crippen LogP contribution < -0.4 is 10.2 Å². The number of hydrogen-bond acceptors (Lipinski definition) is 4. The first kappa shape index (κ1) is 17.1. The van der Waals surface area contributed by atoms with Crippen LogP contribution in [0.1, 0.15) is 22.0 Å². The van der Waals surface area contributed by atoms with E-state index >= 15 is 0 Å². The first-order valence-corrected chi connectivity index (χ1v) is 8.99. The van der Waals surface area contributed by atoms with E-state index in [1.807, 2.05) is 49.3 Å². The van der Waals surface area contributed by atoms with Gasteiger partial charge in [0.2, 0.25) is 0 Å². The van der Waals surface area contributed by atoms with Crippen LogP contribution in [0.4, 0.5) is 5.82 Å². The molecule has 0 spiro atoms. The van der Waals surface area contributed by atoms with Gasteiger partial charge in [-0.15, -0.1) is 0 Å². The van der Waals surface area contributed by atoms with Crippen molar-refractivity contribution in [2.24, 2.45) is 0 Å². The average Bonchev–Trinajstić information content (AvgIpc) is 2.54. The van der Waals surface area contributed by atoms with E-state index < -0.39 is 10.8 Å². The average molecular weight is 331 g/mol. The second-order valence-electron chi connectivity index (χ2n) is 5.47. The van der Waals surface area contributed by atoms with E-state index in [1.54, 1.807) is 24.6 Å². The summed E-state index contributed by atoms with van der Waals surface area (Å²) in [5.41, 5.74) is 1.48. The summed E-state index contributed by atoms with van der Waals surface area (Å²) in [6, 6.07) is 12.7. The molecular weight excluding hydrogens is 310 g/mol. The van der Waals surface area contributed by atoms with Crippen LogP contribution in [-0.2, 0) is 10.8 Å². The fraction of sp³-hybridized carbons (Fsp3) is 0.294. The van der Waals surface area contributed by atoms with Gasteiger partial charge in [-0.1, -0.05) is 30.3 Å². The molecule has 5 nitrogen and oxygen atoms in total. The smallest absolute Gasteiger partial charge is 0.251 e. The molecule has 2 aromatic rings. The molecule has 1 aromatic heterocycles. The summed E-state index contributed by atoms with van der Waals surface area (Å²) in [5.74, 6) is 0.893. The molecule has 1 heterocycles. The van der Waals surface area contributed by atoms with Crippen LogP contribution in [0.25, 0.3) is 0 Å². The molecule has 1 aromatic carbocycles. The Morgan fingerprint density at radius 1 is 1.26 bits per heavy atom. The normalized spacial score (nSPS) is 13.2. The number of carbonyl (C=O) groups excluding carboxylic acids is 1. The highest BCUT2D eigenvalue weighted by atomic mass is 32.2. The molecule has 0 aliphatic heterocycles. The number of aromatic nitrogens is 1. The molecule has 0 unspecified atom stereocenters. The maximum Gasteiger partial charge on any atom is 0.251 e. The predicted molar refractivity (Wildman–Crippen MR) is 94.1 cm³/mol. The second-order valence-corrected chi connectivity index (χ2v) is 6.95. The lowest BCUT2D eigenvalue weighted by molar-refractivity contribution is 0.0940. The molecule has 1 amide bonds. The molecular formula is C17H21N3O2S. The van der Waals surface area contributed by atoms with Crippen LogP contribution in [0, 0.1) is 0 Å². The monoisotopic (exact) mass is 331 g/mol. The molecule has 0 saturated carbocycles. The Morgan fingerprint density at radius 3 is 2.57 bits per heavy atom. The van der Waals surface area contributed by atoms with E-state index in [4.69, 9.17) is 0 Å². The quantitative estimate of drug-likeness (QED) is 0.879. The summed E-state index contributed by atoms with van der Waals surface area (Å²) < 4.78 is 11.6. The minimum atomic E-state index is -1.02. The number of pyridine rings is 1. The van der Waals surface area contributed by atoms with Gasteiger partial charge < -0.3 is 10.2 Å². The third-order valence-electron chi connectivity index (χ3n) is 3.37. The first-order valence-electron chi connectivity index (χ1n) is 7.26. The number of hydrogen-bond donors (Lipinski definition) is 1. The van der Waals surface area contributed by atoms with Crippen molar-refractivity contribution in [3.63, 3.8) is 0 Å². The topological polar surface area (TPSA) is 62.3 Å². The number of nitrogens with one attached hydrogen (secondary N) is 1. The summed E-state index contributed by atoms with van der Waals surface area (Å²) in [6.45, 7) is 0. The standard InChI is InChI=1S/C17H21N3O2S/c1-20(2)16-11-14(9-10-18-16)17(21)19-15(12-23(3)22)13-7-5-4-6-8-13/h4-11,15H,12H2,1-3H3,(H,19,21)/t15-,23+/m0/s1. The molecule has 2 atom stereocenters. The van der Waals surface area contributed by atoms with Crippen molar-refractivity contribution < 1.29 is 9.00 Å². The Hall–Kier alpha value is -2.21. The third-order valence-corrected chi connectivity index (χ3v) is 4.18. The van der Waals surface area contributed by atoms with E-state index in [9.17, 15) is 9.00 Å². The van der Waals surface area contributed by atoms with Gasteiger partial charge in [0.15, 0.2) is 0 Å². The summed E-state index contributed by atoms with van der Waals surface area (Å²) in [7, 11) is 2.73. The van der Waals surface area contributed by atoms with Gasteiger partial charge in [-0.05, 0) is 17.7 Å². The highest BCUT2D eigenvalue weighted by molar-refractivity contribution is 7.84. The Balaban J connectivity index is 2.20. The van der Waals surface area contributed by atoms with E-state index in [0.717, 1.165) is 5.56 Å². The van der Waals surface area contributed by atoms with Crippen LogP contribution in [0.15, 0.2) is 48.7 Å². The summed E-state index contributed by atoms with van der Waals surface area (Å²) in [5, 5.41) is 2.97. The molecule has 0 radical (unpaired) electrons. The van der Waals surface area contributed by atoms with Crippen LogP contribution in [0.3, 0.4) is 0 Å². The fourth-order valence-electron chi connectivity index (χ4n) is 2.19. The zero-order valence-electron chi connectivity index (χ0n) is 13.5. The summed E-state index contributed by atoms with van der Waals surface area (Å²) in [4.78, 5) is 18.6. The summed E-state index contributed by atoms with van der Waals surface area (Å²) in [6.07, 6.45) is 3.25. The maximum absolute atomic E-state index is 12.5. The lowest BCUT2D eigenvalue weighted by Gasteiger charge is -2.19. The largest absolute Gasteiger partial charge is 0.363 e. The molecule has 0 bridgehead atoms. The van der Waals surface area contributed by atoms with Gasteiger partial charge in [-0.2, -0.15) is 0 Å². The number of carbonyl (C=O) groups is 1. The molecule has 0 saturated heterocycles. The highest BCUT2D eigenvalue weighted by Gasteiger charge is 2.17. The number of anilines is 1. The molecule has 1 N–H and O–H groups in total. The highest BCUT2D eigenvalue weighted by Crippen LogP contribution is 2.16. The van der Waals surface area contributed by atoms with Gasteiger partial charge in [-0.3, -0.25) is 9.00 Å². The number of rotatable bonds is 6. The molecule has 122 valence electrons. The van der Waals surface area contributed by atoms with Crippen molar-refractivity contribution in [1.29, 1.82) is 0 Å². The van der Waals surface area contributed by atoms with Crippen LogP contribution >= 0.6 is 0 Å². The molecule has 0 aliphatic rings. The van der Waals surface area contributed by atoms with E-state index in [0.29, 0.717) is 17.1 Å². The second kappa shape index (κ2) is 7.87. The van der Waals surface area contributed by atoms with E-state index in [-0.39, 0.29) is 11.9 Å². The van der Waals surface area contributed by atoms with Gasteiger partial charge >= 0.3 is 0 Å². The van der Waals surface area contributed by atoms with Gasteiger partial charge in [0, 0.05) is 48.7 Å². The van der Waals surface area contributed by atoms with Gasteiger partial charge in [0.05, 0.1) is 6.04 Å². The Kier molecular flexibility index (Phi) is 5.87. The zero-order valence-corrected chi connectivity index (χ0v) is 14.3. The summed E-state index contributed by atoms with van der Waals surface area (Å²) >= 11 is 0. The number of nitrogens with zero attached hydrogens (tertiary/aromatic N) is 2. The lowest BCUT2D eigenvalue weighted by Crippen LogP contribution is -2.32. The minimum Gasteiger partial charge on any atom is -0.363 e. The van der Waals surface area contributed by atoms with Crippen molar-refractivity contribution in [3.8, 4) is 0 Å². The Bertz CT molecular complexity index is 689. The predicted octanol–water partition coefficient (Wildman–Crippen LogP) is 2.00. The van der Waals surface area contributed by atoms with Gasteiger partial charge in [-0.25, -0.2) is 4.98 Å². The number of amides is 1. The molecule has 23 heavy (non-hydrogen) atoms. The molecule has 6 heteroatoms. The molecule has 2 rings (SSSR count). The SMILES string of the molecule is CN(C)c1cc(C(=O)N[C@@H](C[S@@](C)=O)c2ccccc2)ccn1. The zero-order chi connectivity index (χ0) is 16.8. The maximum atomic E-state index is 12.5. The van der Waals surface area contributed by atoms with Crippen molar-refractivity contribution in [3.05, 3.63) is 59.8 Å². The van der Waals surface area contributed by atoms with Crippen LogP contribution in [0.2, 0.25) is 0 Å². The van der Waals surface area contributed by atoms with Crippen LogP contribution in [-0.4, -0.2) is 41.2 Å². The molecule has 0 fully saturated rings. The third kappa shape index (κ3) is 4.89. The Labute approximate surface area is 139 Å². The fourth-order valence-corrected chi connectivity index (χ4v) is 2.93. The van der Waals surface area contributed by atoms with Crippen LogP contribution in [0.5, 0.6) is 0 Å². The van der Waals surface area contributed by atoms with E-state index in [1.165, 1.54) is 0 Å². The van der Waals surface area contributed by atoms with Crippen molar-refractivity contribution in [2.45, 2.75) is 6.04 Å². The lowest BCUT2D eigenvalue weighted by atomic mass is 10.1. The first-order chi connectivity index (χ1) is 11.0. The van der Waals surface area contributed by atoms with Crippen molar-refractivity contribution >= 4 is 22.5 Å².